The Balaban J connectivity index is 2.80. The zero-order chi connectivity index (χ0) is 14.4. The van der Waals surface area contributed by atoms with Gasteiger partial charge in [-0.2, -0.15) is 13.2 Å². The first-order chi connectivity index (χ1) is 8.71. The summed E-state index contributed by atoms with van der Waals surface area (Å²) in [5, 5.41) is 8.89. The third-order valence-corrected chi connectivity index (χ3v) is 2.71. The number of imidazole rings is 1. The minimum Gasteiger partial charge on any atom is -0.478 e. The van der Waals surface area contributed by atoms with E-state index in [1.807, 2.05) is 0 Å². The molecule has 0 spiro atoms. The standard InChI is InChI=1S/C12H11F3N2O2/c1-6(2)17-9-5-7(10(18)19)3-4-8(9)16-11(17)12(13,14)15/h3-6H,1-2H3,(H,18,19). The van der Waals surface area contributed by atoms with E-state index in [-0.39, 0.29) is 16.6 Å². The normalized spacial score (nSPS) is 12.3. The fourth-order valence-corrected chi connectivity index (χ4v) is 1.95. The van der Waals surface area contributed by atoms with Crippen molar-refractivity contribution in [1.29, 1.82) is 0 Å². The summed E-state index contributed by atoms with van der Waals surface area (Å²) in [7, 11) is 0. The molecule has 102 valence electrons. The molecule has 4 nitrogen and oxygen atoms in total. The van der Waals surface area contributed by atoms with Crippen molar-refractivity contribution < 1.29 is 23.1 Å². The zero-order valence-electron chi connectivity index (χ0n) is 10.2. The van der Waals surface area contributed by atoms with E-state index in [1.54, 1.807) is 13.8 Å². The van der Waals surface area contributed by atoms with Crippen molar-refractivity contribution in [2.24, 2.45) is 0 Å². The highest BCUT2D eigenvalue weighted by Gasteiger charge is 2.38. The van der Waals surface area contributed by atoms with E-state index in [1.165, 1.54) is 18.2 Å². The third kappa shape index (κ3) is 2.27. The second kappa shape index (κ2) is 4.25. The lowest BCUT2D eigenvalue weighted by molar-refractivity contribution is -0.147. The Morgan fingerprint density at radius 2 is 2.00 bits per heavy atom. The largest absolute Gasteiger partial charge is 0.478 e. The van der Waals surface area contributed by atoms with Crippen LogP contribution in [0.1, 0.15) is 36.1 Å². The number of alkyl halides is 3. The van der Waals surface area contributed by atoms with Gasteiger partial charge >= 0.3 is 12.1 Å². The Labute approximate surface area is 106 Å². The summed E-state index contributed by atoms with van der Waals surface area (Å²) >= 11 is 0. The van der Waals surface area contributed by atoms with Crippen LogP contribution in [0.3, 0.4) is 0 Å². The SMILES string of the molecule is CC(C)n1c(C(F)(F)F)nc2ccc(C(=O)O)cc21. The minimum atomic E-state index is -4.58. The van der Waals surface area contributed by atoms with Crippen molar-refractivity contribution in [1.82, 2.24) is 9.55 Å². The van der Waals surface area contributed by atoms with E-state index < -0.39 is 24.0 Å². The first kappa shape index (κ1) is 13.4. The zero-order valence-corrected chi connectivity index (χ0v) is 10.2. The summed E-state index contributed by atoms with van der Waals surface area (Å²) in [4.78, 5) is 14.4. The predicted molar refractivity (Wildman–Crippen MR) is 62.1 cm³/mol. The molecule has 19 heavy (non-hydrogen) atoms. The summed E-state index contributed by atoms with van der Waals surface area (Å²) < 4.78 is 39.7. The molecule has 1 aromatic heterocycles. The van der Waals surface area contributed by atoms with Crippen LogP contribution >= 0.6 is 0 Å². The highest BCUT2D eigenvalue weighted by molar-refractivity contribution is 5.92. The fourth-order valence-electron chi connectivity index (χ4n) is 1.95. The number of hydrogen-bond donors (Lipinski definition) is 1. The first-order valence-corrected chi connectivity index (χ1v) is 5.54. The van der Waals surface area contributed by atoms with E-state index in [4.69, 9.17) is 5.11 Å². The molecular formula is C12H11F3N2O2. The molecule has 1 aromatic carbocycles. The molecule has 2 aromatic rings. The molecule has 0 amide bonds. The van der Waals surface area contributed by atoms with Gasteiger partial charge in [-0.25, -0.2) is 9.78 Å². The van der Waals surface area contributed by atoms with Crippen LogP contribution in [0.25, 0.3) is 11.0 Å². The molecule has 2 rings (SSSR count). The topological polar surface area (TPSA) is 55.1 Å². The van der Waals surface area contributed by atoms with Crippen LogP contribution in [0.15, 0.2) is 18.2 Å². The van der Waals surface area contributed by atoms with Gasteiger partial charge in [0.1, 0.15) is 0 Å². The lowest BCUT2D eigenvalue weighted by Crippen LogP contribution is -2.16. The van der Waals surface area contributed by atoms with E-state index >= 15 is 0 Å². The summed E-state index contributed by atoms with van der Waals surface area (Å²) in [6.45, 7) is 3.17. The van der Waals surface area contributed by atoms with Crippen molar-refractivity contribution in [2.75, 3.05) is 0 Å². The van der Waals surface area contributed by atoms with Gasteiger partial charge in [-0.3, -0.25) is 0 Å². The lowest BCUT2D eigenvalue weighted by atomic mass is 10.2. The van der Waals surface area contributed by atoms with Crippen LogP contribution in [-0.2, 0) is 6.18 Å². The van der Waals surface area contributed by atoms with E-state index in [9.17, 15) is 18.0 Å². The Kier molecular flexibility index (Phi) is 3.00. The van der Waals surface area contributed by atoms with Crippen molar-refractivity contribution in [3.05, 3.63) is 29.6 Å². The van der Waals surface area contributed by atoms with Gasteiger partial charge in [0, 0.05) is 6.04 Å². The van der Waals surface area contributed by atoms with Crippen molar-refractivity contribution in [3.8, 4) is 0 Å². The maximum Gasteiger partial charge on any atom is 0.449 e. The predicted octanol–water partition coefficient (Wildman–Crippen LogP) is 3.33. The van der Waals surface area contributed by atoms with Gasteiger partial charge in [0.15, 0.2) is 0 Å². The second-order valence-electron chi connectivity index (χ2n) is 4.41. The van der Waals surface area contributed by atoms with E-state index in [0.29, 0.717) is 0 Å². The van der Waals surface area contributed by atoms with Crippen molar-refractivity contribution in [2.45, 2.75) is 26.1 Å². The molecule has 0 unspecified atom stereocenters. The fraction of sp³-hybridized carbons (Fsp3) is 0.333. The highest BCUT2D eigenvalue weighted by Crippen LogP contribution is 2.33. The number of carbonyl (C=O) groups is 1. The van der Waals surface area contributed by atoms with Crippen LogP contribution in [0, 0.1) is 0 Å². The number of aromatic nitrogens is 2. The number of hydrogen-bond acceptors (Lipinski definition) is 2. The molecular weight excluding hydrogens is 261 g/mol. The maximum absolute atomic E-state index is 12.9. The molecule has 0 radical (unpaired) electrons. The van der Waals surface area contributed by atoms with Gasteiger partial charge in [0.2, 0.25) is 5.82 Å². The Hall–Kier alpha value is -2.05. The quantitative estimate of drug-likeness (QED) is 0.912. The second-order valence-corrected chi connectivity index (χ2v) is 4.41. The molecule has 0 atom stereocenters. The minimum absolute atomic E-state index is 0.0666. The maximum atomic E-state index is 12.9. The summed E-state index contributed by atoms with van der Waals surface area (Å²) in [5.41, 5.74) is 0.233. The number of benzene rings is 1. The summed E-state index contributed by atoms with van der Waals surface area (Å²) in [5.74, 6) is -2.20. The van der Waals surface area contributed by atoms with Crippen molar-refractivity contribution in [3.63, 3.8) is 0 Å². The van der Waals surface area contributed by atoms with Crippen LogP contribution in [0.5, 0.6) is 0 Å². The number of fused-ring (bicyclic) bond motifs is 1. The molecule has 0 saturated carbocycles. The smallest absolute Gasteiger partial charge is 0.449 e. The highest BCUT2D eigenvalue weighted by atomic mass is 19.4. The average molecular weight is 272 g/mol. The van der Waals surface area contributed by atoms with E-state index in [0.717, 1.165) is 4.57 Å². The van der Waals surface area contributed by atoms with Gasteiger partial charge in [-0.15, -0.1) is 0 Å². The molecule has 1 heterocycles. The Bertz CT molecular complexity index is 644. The molecule has 7 heteroatoms. The Morgan fingerprint density at radius 1 is 1.37 bits per heavy atom. The van der Waals surface area contributed by atoms with Crippen LogP contribution < -0.4 is 0 Å². The van der Waals surface area contributed by atoms with Gasteiger partial charge in [0.25, 0.3) is 0 Å². The molecule has 0 aliphatic carbocycles. The molecule has 0 aliphatic heterocycles. The van der Waals surface area contributed by atoms with E-state index in [2.05, 4.69) is 4.98 Å². The number of carboxylic acids is 1. The molecule has 0 fully saturated rings. The monoisotopic (exact) mass is 272 g/mol. The van der Waals surface area contributed by atoms with Crippen LogP contribution in [-0.4, -0.2) is 20.6 Å². The molecule has 0 aliphatic rings. The summed E-state index contributed by atoms with van der Waals surface area (Å²) in [6, 6.07) is 3.25. The number of nitrogens with zero attached hydrogens (tertiary/aromatic N) is 2. The molecule has 0 bridgehead atoms. The number of aromatic carboxylic acids is 1. The van der Waals surface area contributed by atoms with Gasteiger partial charge in [-0.1, -0.05) is 0 Å². The Morgan fingerprint density at radius 3 is 2.47 bits per heavy atom. The summed E-state index contributed by atoms with van der Waals surface area (Å²) in [6.07, 6.45) is -4.58. The van der Waals surface area contributed by atoms with Gasteiger partial charge in [-0.05, 0) is 32.0 Å². The van der Waals surface area contributed by atoms with Gasteiger partial charge in [0.05, 0.1) is 16.6 Å². The lowest BCUT2D eigenvalue weighted by Gasteiger charge is -2.14. The third-order valence-electron chi connectivity index (χ3n) is 2.71. The van der Waals surface area contributed by atoms with Gasteiger partial charge < -0.3 is 9.67 Å². The molecule has 1 N–H and O–H groups in total. The van der Waals surface area contributed by atoms with Crippen LogP contribution in [0.2, 0.25) is 0 Å². The average Bonchev–Trinajstić information content (AvgIpc) is 2.66. The van der Waals surface area contributed by atoms with Crippen molar-refractivity contribution >= 4 is 17.0 Å². The first-order valence-electron chi connectivity index (χ1n) is 5.54. The number of rotatable bonds is 2. The number of carboxylic acid groups (broad SMARTS) is 1. The van der Waals surface area contributed by atoms with Crippen LogP contribution in [0.4, 0.5) is 13.2 Å². The number of halogens is 3. The molecule has 0 saturated heterocycles.